The van der Waals surface area contributed by atoms with Gasteiger partial charge in [0.1, 0.15) is 5.69 Å². The number of amides is 1. The molecule has 0 N–H and O–H groups in total. The van der Waals surface area contributed by atoms with Crippen molar-refractivity contribution in [1.82, 2.24) is 15.0 Å². The van der Waals surface area contributed by atoms with Crippen LogP contribution in [0.15, 0.2) is 48.0 Å². The lowest BCUT2D eigenvalue weighted by atomic mass is 10.2. The van der Waals surface area contributed by atoms with Crippen molar-refractivity contribution in [2.75, 3.05) is 6.54 Å². The number of carbonyl (C=O) groups is 1. The molecule has 0 aliphatic carbocycles. The highest BCUT2D eigenvalue weighted by atomic mass is 19.4. The lowest BCUT2D eigenvalue weighted by Gasteiger charge is -2.16. The first-order chi connectivity index (χ1) is 11.9. The Balaban J connectivity index is 2.06. The Bertz CT molecular complexity index is 715. The molecule has 0 saturated carbocycles. The van der Waals surface area contributed by atoms with Gasteiger partial charge in [0, 0.05) is 30.7 Å². The standard InChI is InChI=1S/C17H17F3N4O/c1-2-8-24(23-12-14-4-3-7-21-10-14)16(25)9-13-5-6-15(22-11-13)17(18,19)20/h3-7,10-12H,2,8-9H2,1H3/b23-12+. The molecule has 0 saturated heterocycles. The number of carbonyl (C=O) groups excluding carboxylic acids is 1. The molecule has 2 aromatic rings. The highest BCUT2D eigenvalue weighted by Crippen LogP contribution is 2.27. The number of rotatable bonds is 6. The van der Waals surface area contributed by atoms with E-state index in [9.17, 15) is 18.0 Å². The number of pyridine rings is 2. The largest absolute Gasteiger partial charge is 0.433 e. The van der Waals surface area contributed by atoms with Crippen LogP contribution in [0.25, 0.3) is 0 Å². The van der Waals surface area contributed by atoms with E-state index < -0.39 is 11.9 Å². The molecule has 0 atom stereocenters. The van der Waals surface area contributed by atoms with Crippen LogP contribution in [0.2, 0.25) is 0 Å². The number of hydrogen-bond acceptors (Lipinski definition) is 4. The van der Waals surface area contributed by atoms with Gasteiger partial charge in [-0.15, -0.1) is 0 Å². The SMILES string of the molecule is CCCN(/N=C/c1cccnc1)C(=O)Cc1ccc(C(F)(F)F)nc1. The summed E-state index contributed by atoms with van der Waals surface area (Å²) in [5, 5.41) is 5.45. The van der Waals surface area contributed by atoms with Gasteiger partial charge < -0.3 is 0 Å². The van der Waals surface area contributed by atoms with Crippen LogP contribution in [0.1, 0.15) is 30.2 Å². The third-order valence-electron chi connectivity index (χ3n) is 3.22. The first-order valence-electron chi connectivity index (χ1n) is 7.66. The van der Waals surface area contributed by atoms with Crippen molar-refractivity contribution < 1.29 is 18.0 Å². The van der Waals surface area contributed by atoms with Gasteiger partial charge in [-0.25, -0.2) is 5.01 Å². The van der Waals surface area contributed by atoms with Crippen LogP contribution in [-0.4, -0.2) is 33.6 Å². The van der Waals surface area contributed by atoms with Crippen molar-refractivity contribution in [3.63, 3.8) is 0 Å². The number of aromatic nitrogens is 2. The van der Waals surface area contributed by atoms with Gasteiger partial charge in [0.05, 0.1) is 12.6 Å². The van der Waals surface area contributed by atoms with Gasteiger partial charge in [-0.2, -0.15) is 18.3 Å². The Kier molecular flexibility index (Phi) is 6.21. The minimum Gasteiger partial charge on any atom is -0.273 e. The Labute approximate surface area is 143 Å². The average Bonchev–Trinajstić information content (AvgIpc) is 2.59. The van der Waals surface area contributed by atoms with E-state index in [-0.39, 0.29) is 12.3 Å². The molecule has 2 rings (SSSR count). The summed E-state index contributed by atoms with van der Waals surface area (Å²) in [6, 6.07) is 5.67. The third-order valence-corrected chi connectivity index (χ3v) is 3.22. The highest BCUT2D eigenvalue weighted by Gasteiger charge is 2.32. The van der Waals surface area contributed by atoms with Crippen molar-refractivity contribution in [2.45, 2.75) is 25.9 Å². The van der Waals surface area contributed by atoms with E-state index in [1.54, 1.807) is 24.5 Å². The number of nitrogens with zero attached hydrogens (tertiary/aromatic N) is 4. The molecule has 8 heteroatoms. The van der Waals surface area contributed by atoms with Gasteiger partial charge in [0.2, 0.25) is 5.91 Å². The first kappa shape index (κ1) is 18.6. The van der Waals surface area contributed by atoms with E-state index in [4.69, 9.17) is 0 Å². The third kappa shape index (κ3) is 5.66. The van der Waals surface area contributed by atoms with Crippen molar-refractivity contribution in [2.24, 2.45) is 5.10 Å². The van der Waals surface area contributed by atoms with Gasteiger partial charge in [-0.05, 0) is 24.1 Å². The molecule has 132 valence electrons. The molecule has 0 bridgehead atoms. The molecular formula is C17H17F3N4O. The molecule has 0 unspecified atom stereocenters. The Morgan fingerprint density at radius 3 is 2.64 bits per heavy atom. The Morgan fingerprint density at radius 2 is 2.08 bits per heavy atom. The summed E-state index contributed by atoms with van der Waals surface area (Å²) in [5.74, 6) is -0.316. The fourth-order valence-electron chi connectivity index (χ4n) is 2.01. The molecule has 0 aliphatic heterocycles. The molecule has 0 spiro atoms. The van der Waals surface area contributed by atoms with Crippen LogP contribution < -0.4 is 0 Å². The smallest absolute Gasteiger partial charge is 0.273 e. The predicted molar refractivity (Wildman–Crippen MR) is 86.8 cm³/mol. The van der Waals surface area contributed by atoms with Crippen LogP contribution in [0.3, 0.4) is 0 Å². The lowest BCUT2D eigenvalue weighted by Crippen LogP contribution is -2.28. The fraction of sp³-hybridized carbons (Fsp3) is 0.294. The van der Waals surface area contributed by atoms with Gasteiger partial charge in [-0.3, -0.25) is 14.8 Å². The lowest BCUT2D eigenvalue weighted by molar-refractivity contribution is -0.141. The normalized spacial score (nSPS) is 11.7. The summed E-state index contributed by atoms with van der Waals surface area (Å²) < 4.78 is 37.5. The van der Waals surface area contributed by atoms with E-state index in [1.807, 2.05) is 6.92 Å². The second-order valence-corrected chi connectivity index (χ2v) is 5.27. The molecule has 0 aromatic carbocycles. The maximum absolute atomic E-state index is 12.5. The van der Waals surface area contributed by atoms with Crippen LogP contribution in [0, 0.1) is 0 Å². The highest BCUT2D eigenvalue weighted by molar-refractivity contribution is 5.83. The monoisotopic (exact) mass is 350 g/mol. The number of alkyl halides is 3. The molecule has 5 nitrogen and oxygen atoms in total. The number of hydrogen-bond donors (Lipinski definition) is 0. The molecular weight excluding hydrogens is 333 g/mol. The molecule has 25 heavy (non-hydrogen) atoms. The average molecular weight is 350 g/mol. The quantitative estimate of drug-likeness (QED) is 0.593. The molecule has 0 fully saturated rings. The molecule has 2 aromatic heterocycles. The maximum atomic E-state index is 12.5. The zero-order chi connectivity index (χ0) is 18.3. The predicted octanol–water partition coefficient (Wildman–Crippen LogP) is 3.31. The summed E-state index contributed by atoms with van der Waals surface area (Å²) in [7, 11) is 0. The van der Waals surface area contributed by atoms with Crippen LogP contribution in [0.5, 0.6) is 0 Å². The van der Waals surface area contributed by atoms with Gasteiger partial charge in [0.15, 0.2) is 0 Å². The summed E-state index contributed by atoms with van der Waals surface area (Å²) in [4.78, 5) is 19.7. The van der Waals surface area contributed by atoms with Gasteiger partial charge >= 0.3 is 6.18 Å². The van der Waals surface area contributed by atoms with Crippen molar-refractivity contribution in [3.05, 3.63) is 59.7 Å². The van der Waals surface area contributed by atoms with Crippen molar-refractivity contribution >= 4 is 12.1 Å². The minimum absolute atomic E-state index is 0.0739. The summed E-state index contributed by atoms with van der Waals surface area (Å²) in [6.07, 6.45) is 1.95. The summed E-state index contributed by atoms with van der Waals surface area (Å²) in [5.41, 5.74) is 0.159. The van der Waals surface area contributed by atoms with E-state index >= 15 is 0 Å². The maximum Gasteiger partial charge on any atom is 0.433 e. The molecule has 1 amide bonds. The number of hydrazone groups is 1. The van der Waals surface area contributed by atoms with E-state index in [1.165, 1.54) is 17.3 Å². The Morgan fingerprint density at radius 1 is 1.28 bits per heavy atom. The Hall–Kier alpha value is -2.77. The zero-order valence-corrected chi connectivity index (χ0v) is 13.6. The zero-order valence-electron chi connectivity index (χ0n) is 13.6. The molecule has 2 heterocycles. The van der Waals surface area contributed by atoms with Crippen LogP contribution in [0.4, 0.5) is 13.2 Å². The summed E-state index contributed by atoms with van der Waals surface area (Å²) >= 11 is 0. The van der Waals surface area contributed by atoms with Crippen molar-refractivity contribution in [3.8, 4) is 0 Å². The second kappa shape index (κ2) is 8.36. The van der Waals surface area contributed by atoms with E-state index in [2.05, 4.69) is 15.1 Å². The molecule has 0 radical (unpaired) electrons. The van der Waals surface area contributed by atoms with E-state index in [0.717, 1.165) is 17.8 Å². The second-order valence-electron chi connectivity index (χ2n) is 5.27. The van der Waals surface area contributed by atoms with Crippen LogP contribution >= 0.6 is 0 Å². The first-order valence-corrected chi connectivity index (χ1v) is 7.66. The van der Waals surface area contributed by atoms with Crippen LogP contribution in [-0.2, 0) is 17.4 Å². The van der Waals surface area contributed by atoms with Crippen molar-refractivity contribution in [1.29, 1.82) is 0 Å². The van der Waals surface area contributed by atoms with E-state index in [0.29, 0.717) is 18.5 Å². The number of halogens is 3. The van der Waals surface area contributed by atoms with Gasteiger partial charge in [0.25, 0.3) is 0 Å². The fourth-order valence-corrected chi connectivity index (χ4v) is 2.01. The minimum atomic E-state index is -4.50. The topological polar surface area (TPSA) is 58.5 Å². The van der Waals surface area contributed by atoms with Gasteiger partial charge in [-0.1, -0.05) is 19.1 Å². The summed E-state index contributed by atoms with van der Waals surface area (Å²) in [6.45, 7) is 2.31. The molecule has 0 aliphatic rings.